The maximum absolute atomic E-state index is 4.88. The first kappa shape index (κ1) is 14.7. The fraction of sp³-hybridized carbons (Fsp3) is 0.938. The van der Waals surface area contributed by atoms with Gasteiger partial charge in [-0.05, 0) is 51.6 Å². The molecule has 3 unspecified atom stereocenters. The van der Waals surface area contributed by atoms with Crippen molar-refractivity contribution in [3.05, 3.63) is 0 Å². The number of hydrogen-bond donors (Lipinski definition) is 1. The summed E-state index contributed by atoms with van der Waals surface area (Å²) in [5, 5.41) is 4.93. The number of rotatable bonds is 3. The highest BCUT2D eigenvalue weighted by molar-refractivity contribution is 8.13. The number of nitrogens with zero attached hydrogens (tertiary/aromatic N) is 2. The van der Waals surface area contributed by atoms with Crippen LogP contribution in [0, 0.1) is 5.92 Å². The molecule has 0 radical (unpaired) electrons. The monoisotopic (exact) mass is 295 g/mol. The van der Waals surface area contributed by atoms with Gasteiger partial charge in [0, 0.05) is 17.8 Å². The molecule has 2 aliphatic heterocycles. The minimum atomic E-state index is 0.606. The first-order chi connectivity index (χ1) is 9.83. The molecule has 3 atom stereocenters. The molecule has 0 bridgehead atoms. The summed E-state index contributed by atoms with van der Waals surface area (Å²) < 4.78 is 0. The Morgan fingerprint density at radius 2 is 2.00 bits per heavy atom. The number of fused-ring (bicyclic) bond motifs is 1. The van der Waals surface area contributed by atoms with Gasteiger partial charge in [-0.2, -0.15) is 0 Å². The molecule has 3 aliphatic rings. The average Bonchev–Trinajstić information content (AvgIpc) is 2.53. The Hall–Kier alpha value is -0.220. The number of hydrogen-bond acceptors (Lipinski definition) is 3. The zero-order valence-corrected chi connectivity index (χ0v) is 13.6. The van der Waals surface area contributed by atoms with Crippen LogP contribution in [-0.4, -0.2) is 47.5 Å². The maximum atomic E-state index is 4.88. The van der Waals surface area contributed by atoms with Crippen LogP contribution in [0.2, 0.25) is 0 Å². The molecule has 4 heteroatoms. The lowest BCUT2D eigenvalue weighted by molar-refractivity contribution is 0.178. The van der Waals surface area contributed by atoms with E-state index in [1.165, 1.54) is 69.0 Å². The van der Waals surface area contributed by atoms with Gasteiger partial charge in [0.05, 0.1) is 6.54 Å². The predicted octanol–water partition coefficient (Wildman–Crippen LogP) is 3.11. The number of likely N-dealkylation sites (tertiary alicyclic amines) is 1. The molecule has 0 aromatic heterocycles. The highest BCUT2D eigenvalue weighted by atomic mass is 32.2. The van der Waals surface area contributed by atoms with Crippen LogP contribution in [0.15, 0.2) is 4.99 Å². The van der Waals surface area contributed by atoms with Gasteiger partial charge in [-0.15, -0.1) is 0 Å². The molecule has 0 spiro atoms. The fourth-order valence-corrected chi connectivity index (χ4v) is 4.94. The number of thioether (sulfide) groups is 1. The summed E-state index contributed by atoms with van der Waals surface area (Å²) in [6, 6.07) is 1.32. The van der Waals surface area contributed by atoms with E-state index in [2.05, 4.69) is 17.1 Å². The molecule has 2 heterocycles. The lowest BCUT2D eigenvalue weighted by Gasteiger charge is -2.37. The van der Waals surface area contributed by atoms with Crippen molar-refractivity contribution in [2.45, 2.75) is 64.0 Å². The van der Waals surface area contributed by atoms with Crippen molar-refractivity contribution in [1.82, 2.24) is 10.2 Å². The lowest BCUT2D eigenvalue weighted by atomic mass is 9.86. The topological polar surface area (TPSA) is 27.6 Å². The largest absolute Gasteiger partial charge is 0.362 e. The molecule has 20 heavy (non-hydrogen) atoms. The van der Waals surface area contributed by atoms with E-state index in [1.54, 1.807) is 0 Å². The van der Waals surface area contributed by atoms with Gasteiger partial charge in [-0.25, -0.2) is 0 Å². The van der Waals surface area contributed by atoms with Crippen LogP contribution in [0.5, 0.6) is 0 Å². The first-order valence-corrected chi connectivity index (χ1v) is 9.49. The van der Waals surface area contributed by atoms with Crippen LogP contribution in [0.1, 0.15) is 51.9 Å². The van der Waals surface area contributed by atoms with Crippen LogP contribution in [0.4, 0.5) is 0 Å². The van der Waals surface area contributed by atoms with Crippen LogP contribution in [0.3, 0.4) is 0 Å². The summed E-state index contributed by atoms with van der Waals surface area (Å²) in [6.45, 7) is 5.85. The second-order valence-corrected chi connectivity index (χ2v) is 7.71. The Kier molecular flexibility index (Phi) is 5.27. The van der Waals surface area contributed by atoms with Crippen molar-refractivity contribution < 1.29 is 0 Å². The molecule has 0 amide bonds. The van der Waals surface area contributed by atoms with Gasteiger partial charge in [-0.1, -0.05) is 31.0 Å². The molecule has 1 saturated carbocycles. The smallest absolute Gasteiger partial charge is 0.156 e. The third kappa shape index (κ3) is 3.70. The van der Waals surface area contributed by atoms with E-state index in [0.717, 1.165) is 12.5 Å². The van der Waals surface area contributed by atoms with E-state index >= 15 is 0 Å². The van der Waals surface area contributed by atoms with E-state index in [0.29, 0.717) is 12.1 Å². The Balaban J connectivity index is 1.48. The summed E-state index contributed by atoms with van der Waals surface area (Å²) in [6.07, 6.45) is 9.76. The molecule has 3 fully saturated rings. The Bertz CT molecular complexity index is 339. The van der Waals surface area contributed by atoms with Crippen molar-refractivity contribution in [2.24, 2.45) is 10.9 Å². The molecular formula is C16H29N3S. The minimum Gasteiger partial charge on any atom is -0.362 e. The first-order valence-electron chi connectivity index (χ1n) is 8.51. The van der Waals surface area contributed by atoms with Gasteiger partial charge in [0.2, 0.25) is 0 Å². The van der Waals surface area contributed by atoms with E-state index in [4.69, 9.17) is 4.99 Å². The van der Waals surface area contributed by atoms with E-state index in [9.17, 15) is 0 Å². The number of aliphatic imine (C=N–C) groups is 1. The van der Waals surface area contributed by atoms with E-state index < -0.39 is 0 Å². The number of amidine groups is 1. The molecular weight excluding hydrogens is 266 g/mol. The molecule has 114 valence electrons. The summed E-state index contributed by atoms with van der Waals surface area (Å²) >= 11 is 1.96. The average molecular weight is 295 g/mol. The predicted molar refractivity (Wildman–Crippen MR) is 88.5 cm³/mol. The third-order valence-corrected chi connectivity index (χ3v) is 6.28. The maximum Gasteiger partial charge on any atom is 0.156 e. The van der Waals surface area contributed by atoms with Crippen molar-refractivity contribution in [1.29, 1.82) is 0 Å². The molecule has 0 aromatic rings. The number of piperidine rings is 1. The normalized spacial score (nSPS) is 35.4. The van der Waals surface area contributed by atoms with Gasteiger partial charge in [-0.3, -0.25) is 9.89 Å². The fourth-order valence-electron chi connectivity index (χ4n) is 3.76. The second kappa shape index (κ2) is 7.17. The minimum absolute atomic E-state index is 0.606. The SMILES string of the molecule is CC(CN=C1NC2CCCCC2CS1)N1CCCCC1. The van der Waals surface area contributed by atoms with Crippen LogP contribution >= 0.6 is 11.8 Å². The van der Waals surface area contributed by atoms with E-state index in [1.807, 2.05) is 11.8 Å². The van der Waals surface area contributed by atoms with Crippen LogP contribution in [0.25, 0.3) is 0 Å². The third-order valence-electron chi connectivity index (χ3n) is 5.17. The second-order valence-electron chi connectivity index (χ2n) is 6.70. The summed E-state index contributed by atoms with van der Waals surface area (Å²) in [5.74, 6) is 2.18. The van der Waals surface area contributed by atoms with Gasteiger partial charge < -0.3 is 5.32 Å². The Morgan fingerprint density at radius 3 is 2.85 bits per heavy atom. The number of nitrogens with one attached hydrogen (secondary N) is 1. The summed E-state index contributed by atoms with van der Waals surface area (Å²) in [7, 11) is 0. The van der Waals surface area contributed by atoms with Gasteiger partial charge in [0.25, 0.3) is 0 Å². The van der Waals surface area contributed by atoms with Crippen LogP contribution in [-0.2, 0) is 0 Å². The Morgan fingerprint density at radius 1 is 1.20 bits per heavy atom. The quantitative estimate of drug-likeness (QED) is 0.867. The molecule has 3 nitrogen and oxygen atoms in total. The molecule has 3 rings (SSSR count). The Labute approximate surface area is 128 Å². The van der Waals surface area contributed by atoms with Crippen molar-refractivity contribution >= 4 is 16.9 Å². The standard InChI is InChI=1S/C16H29N3S/c1-13(19-9-5-2-6-10-19)11-17-16-18-15-8-4-3-7-14(15)12-20-16/h13-15H,2-12H2,1H3,(H,17,18). The highest BCUT2D eigenvalue weighted by Gasteiger charge is 2.30. The summed E-state index contributed by atoms with van der Waals surface area (Å²) in [4.78, 5) is 7.49. The van der Waals surface area contributed by atoms with Gasteiger partial charge in [0.15, 0.2) is 5.17 Å². The zero-order chi connectivity index (χ0) is 13.8. The highest BCUT2D eigenvalue weighted by Crippen LogP contribution is 2.31. The van der Waals surface area contributed by atoms with Crippen LogP contribution < -0.4 is 5.32 Å². The molecule has 0 aromatic carbocycles. The van der Waals surface area contributed by atoms with Crippen molar-refractivity contribution in [3.63, 3.8) is 0 Å². The van der Waals surface area contributed by atoms with Crippen molar-refractivity contribution in [3.8, 4) is 0 Å². The molecule has 1 aliphatic carbocycles. The lowest BCUT2D eigenvalue weighted by Crippen LogP contribution is -2.46. The van der Waals surface area contributed by atoms with E-state index in [-0.39, 0.29) is 0 Å². The van der Waals surface area contributed by atoms with Gasteiger partial charge in [0.1, 0.15) is 0 Å². The molecule has 1 N–H and O–H groups in total. The molecule has 2 saturated heterocycles. The summed E-state index contributed by atoms with van der Waals surface area (Å²) in [5.41, 5.74) is 0. The zero-order valence-electron chi connectivity index (χ0n) is 12.8. The van der Waals surface area contributed by atoms with Crippen molar-refractivity contribution in [2.75, 3.05) is 25.4 Å². The van der Waals surface area contributed by atoms with Gasteiger partial charge >= 0.3 is 0 Å².